The fourth-order valence-corrected chi connectivity index (χ4v) is 2.53. The summed E-state index contributed by atoms with van der Waals surface area (Å²) in [7, 11) is 2.08. The molecule has 0 unspecified atom stereocenters. The van der Waals surface area contributed by atoms with E-state index in [1.807, 2.05) is 6.07 Å². The number of aromatic amines is 1. The van der Waals surface area contributed by atoms with Crippen LogP contribution in [0.2, 0.25) is 0 Å². The molecule has 2 heterocycles. The number of halogens is 1. The number of hydrogen-bond donors (Lipinski definition) is 1. The van der Waals surface area contributed by atoms with Crippen LogP contribution in [-0.2, 0) is 0 Å². The zero-order valence-electron chi connectivity index (χ0n) is 10.8. The van der Waals surface area contributed by atoms with E-state index in [9.17, 15) is 9.18 Å². The number of H-pyrrole nitrogens is 1. The lowest BCUT2D eigenvalue weighted by molar-refractivity contribution is 0.313. The first-order valence-electron chi connectivity index (χ1n) is 6.40. The molecule has 2 aromatic rings. The Morgan fingerprint density at radius 2 is 1.95 bits per heavy atom. The maximum Gasteiger partial charge on any atom is 0.250 e. The van der Waals surface area contributed by atoms with Gasteiger partial charge < -0.3 is 14.8 Å². The Balaban J connectivity index is 2.13. The van der Waals surface area contributed by atoms with Crippen molar-refractivity contribution < 1.29 is 4.39 Å². The van der Waals surface area contributed by atoms with Gasteiger partial charge in [-0.2, -0.15) is 0 Å². The van der Waals surface area contributed by atoms with Gasteiger partial charge in [0.25, 0.3) is 5.56 Å². The third-order valence-corrected chi connectivity index (χ3v) is 3.65. The number of nitrogens with one attached hydrogen (secondary N) is 1. The number of likely N-dealkylation sites (N-methyl/N-ethyl adjacent to an activating group) is 1. The van der Waals surface area contributed by atoms with Crippen molar-refractivity contribution in [2.75, 3.05) is 38.1 Å². The molecule has 0 atom stereocenters. The largest absolute Gasteiger partial charge is 0.368 e. The van der Waals surface area contributed by atoms with Crippen LogP contribution in [0.5, 0.6) is 0 Å². The molecule has 1 fully saturated rings. The minimum absolute atomic E-state index is 0.258. The highest BCUT2D eigenvalue weighted by atomic mass is 19.1. The smallest absolute Gasteiger partial charge is 0.250 e. The molecule has 4 nitrogen and oxygen atoms in total. The van der Waals surface area contributed by atoms with Crippen molar-refractivity contribution in [1.82, 2.24) is 9.88 Å². The number of benzene rings is 1. The maximum atomic E-state index is 13.8. The van der Waals surface area contributed by atoms with Crippen molar-refractivity contribution in [3.63, 3.8) is 0 Å². The first-order chi connectivity index (χ1) is 9.15. The topological polar surface area (TPSA) is 39.3 Å². The number of pyridine rings is 1. The van der Waals surface area contributed by atoms with E-state index in [0.717, 1.165) is 37.3 Å². The molecule has 0 radical (unpaired) electrons. The van der Waals surface area contributed by atoms with E-state index in [1.54, 1.807) is 12.1 Å². The van der Waals surface area contributed by atoms with Gasteiger partial charge in [0.15, 0.2) is 0 Å². The Morgan fingerprint density at radius 1 is 1.21 bits per heavy atom. The Labute approximate surface area is 110 Å². The van der Waals surface area contributed by atoms with E-state index in [2.05, 4.69) is 21.8 Å². The van der Waals surface area contributed by atoms with Crippen molar-refractivity contribution >= 4 is 16.6 Å². The molecule has 19 heavy (non-hydrogen) atoms. The van der Waals surface area contributed by atoms with Crippen LogP contribution in [0.1, 0.15) is 0 Å². The molecule has 5 heteroatoms. The van der Waals surface area contributed by atoms with Gasteiger partial charge in [0, 0.05) is 37.6 Å². The van der Waals surface area contributed by atoms with Gasteiger partial charge in [-0.3, -0.25) is 4.79 Å². The standard InChI is InChI=1S/C14H16FN3O/c1-17-5-7-18(8-6-17)12-9-13(19)16-14-10(12)3-2-4-11(14)15/h2-4,9H,5-8H2,1H3,(H,16,19). The fourth-order valence-electron chi connectivity index (χ4n) is 2.53. The van der Waals surface area contributed by atoms with Crippen molar-refractivity contribution in [2.24, 2.45) is 0 Å². The predicted molar refractivity (Wildman–Crippen MR) is 74.2 cm³/mol. The zero-order chi connectivity index (χ0) is 13.4. The lowest BCUT2D eigenvalue weighted by Crippen LogP contribution is -2.44. The zero-order valence-corrected chi connectivity index (χ0v) is 10.8. The molecule has 1 aromatic heterocycles. The highest BCUT2D eigenvalue weighted by Gasteiger charge is 2.17. The second kappa shape index (κ2) is 4.66. The number of para-hydroxylation sites is 1. The average molecular weight is 261 g/mol. The monoisotopic (exact) mass is 261 g/mol. The molecule has 0 spiro atoms. The van der Waals surface area contributed by atoms with E-state index in [-0.39, 0.29) is 11.4 Å². The summed E-state index contributed by atoms with van der Waals surface area (Å²) in [6, 6.07) is 6.46. The van der Waals surface area contributed by atoms with Gasteiger partial charge in [-0.15, -0.1) is 0 Å². The van der Waals surface area contributed by atoms with Crippen LogP contribution in [0.3, 0.4) is 0 Å². The van der Waals surface area contributed by atoms with Crippen LogP contribution in [-0.4, -0.2) is 43.1 Å². The fraction of sp³-hybridized carbons (Fsp3) is 0.357. The van der Waals surface area contributed by atoms with Crippen LogP contribution >= 0.6 is 0 Å². The summed E-state index contributed by atoms with van der Waals surface area (Å²) >= 11 is 0. The molecule has 0 amide bonds. The highest BCUT2D eigenvalue weighted by molar-refractivity contribution is 5.91. The Morgan fingerprint density at radius 3 is 2.68 bits per heavy atom. The predicted octanol–water partition coefficient (Wildman–Crippen LogP) is 1.42. The molecular formula is C14H16FN3O. The van der Waals surface area contributed by atoms with E-state index in [4.69, 9.17) is 0 Å². The third kappa shape index (κ3) is 2.21. The van der Waals surface area contributed by atoms with Crippen molar-refractivity contribution in [2.45, 2.75) is 0 Å². The number of piperazine rings is 1. The molecule has 3 rings (SSSR count). The van der Waals surface area contributed by atoms with Crippen molar-refractivity contribution in [3.05, 3.63) is 40.4 Å². The Bertz CT molecular complexity index is 659. The quantitative estimate of drug-likeness (QED) is 0.844. The summed E-state index contributed by atoms with van der Waals surface area (Å²) in [5.74, 6) is -0.384. The average Bonchev–Trinajstić information content (AvgIpc) is 2.40. The molecule has 1 saturated heterocycles. The third-order valence-electron chi connectivity index (χ3n) is 3.65. The van der Waals surface area contributed by atoms with Crippen LogP contribution in [0, 0.1) is 5.82 Å². The summed E-state index contributed by atoms with van der Waals surface area (Å²) in [5.41, 5.74) is 0.863. The summed E-state index contributed by atoms with van der Waals surface area (Å²) in [6.45, 7) is 3.60. The molecule has 100 valence electrons. The van der Waals surface area contributed by atoms with Gasteiger partial charge in [0.1, 0.15) is 5.82 Å². The lowest BCUT2D eigenvalue weighted by atomic mass is 10.1. The normalized spacial score (nSPS) is 17.1. The highest BCUT2D eigenvalue weighted by Crippen LogP contribution is 2.26. The van der Waals surface area contributed by atoms with Gasteiger partial charge in [-0.25, -0.2) is 4.39 Å². The van der Waals surface area contributed by atoms with E-state index < -0.39 is 0 Å². The maximum absolute atomic E-state index is 13.8. The Hall–Kier alpha value is -1.88. The number of aromatic nitrogens is 1. The second-order valence-corrected chi connectivity index (χ2v) is 4.97. The van der Waals surface area contributed by atoms with Gasteiger partial charge in [-0.05, 0) is 13.1 Å². The van der Waals surface area contributed by atoms with E-state index in [1.165, 1.54) is 6.07 Å². The number of nitrogens with zero attached hydrogens (tertiary/aromatic N) is 2. The molecule has 0 saturated carbocycles. The minimum Gasteiger partial charge on any atom is -0.368 e. The summed E-state index contributed by atoms with van der Waals surface area (Å²) in [5, 5.41) is 0.768. The van der Waals surface area contributed by atoms with Crippen molar-refractivity contribution in [1.29, 1.82) is 0 Å². The van der Waals surface area contributed by atoms with Crippen molar-refractivity contribution in [3.8, 4) is 0 Å². The first kappa shape index (κ1) is 12.2. The van der Waals surface area contributed by atoms with Gasteiger partial charge >= 0.3 is 0 Å². The van der Waals surface area contributed by atoms with Crippen LogP contribution < -0.4 is 10.5 Å². The van der Waals surface area contributed by atoms with Crippen LogP contribution in [0.4, 0.5) is 10.1 Å². The summed E-state index contributed by atoms with van der Waals surface area (Å²) in [4.78, 5) is 18.7. The molecule has 1 N–H and O–H groups in total. The molecule has 0 aliphatic carbocycles. The molecule has 1 aliphatic rings. The summed E-state index contributed by atoms with van der Waals surface area (Å²) in [6.07, 6.45) is 0. The lowest BCUT2D eigenvalue weighted by Gasteiger charge is -2.34. The number of rotatable bonds is 1. The SMILES string of the molecule is CN1CCN(c2cc(=O)[nH]c3c(F)cccc23)CC1. The van der Waals surface area contributed by atoms with Gasteiger partial charge in [-0.1, -0.05) is 12.1 Å². The molecule has 1 aliphatic heterocycles. The van der Waals surface area contributed by atoms with E-state index >= 15 is 0 Å². The number of hydrogen-bond acceptors (Lipinski definition) is 3. The minimum atomic E-state index is -0.384. The summed E-state index contributed by atoms with van der Waals surface area (Å²) < 4.78 is 13.8. The van der Waals surface area contributed by atoms with Crippen LogP contribution in [0.25, 0.3) is 10.9 Å². The number of anilines is 1. The molecule has 1 aromatic carbocycles. The van der Waals surface area contributed by atoms with E-state index in [0.29, 0.717) is 5.52 Å². The molecule has 0 bridgehead atoms. The number of fused-ring (bicyclic) bond motifs is 1. The molecular weight excluding hydrogens is 245 g/mol. The first-order valence-corrected chi connectivity index (χ1v) is 6.40. The van der Waals surface area contributed by atoms with Gasteiger partial charge in [0.05, 0.1) is 11.2 Å². The second-order valence-electron chi connectivity index (χ2n) is 4.97. The van der Waals surface area contributed by atoms with Gasteiger partial charge in [0.2, 0.25) is 0 Å². The Kier molecular flexibility index (Phi) is 2.98. The van der Waals surface area contributed by atoms with Crippen LogP contribution in [0.15, 0.2) is 29.1 Å².